The average Bonchev–Trinajstić information content (AvgIpc) is 3.87. The molecule has 1 aliphatic rings. The van der Waals surface area contributed by atoms with Crippen molar-refractivity contribution in [3.63, 3.8) is 0 Å². The Morgan fingerprint density at radius 2 is 1.47 bits per heavy atom. The summed E-state index contributed by atoms with van der Waals surface area (Å²) in [6.45, 7) is -0.268. The van der Waals surface area contributed by atoms with Gasteiger partial charge in [0.2, 0.25) is 0 Å². The Morgan fingerprint density at radius 3 is 2.08 bits per heavy atom. The van der Waals surface area contributed by atoms with Crippen molar-refractivity contribution >= 4 is 38.7 Å². The van der Waals surface area contributed by atoms with Gasteiger partial charge >= 0.3 is 0 Å². The molecule has 1 fully saturated rings. The van der Waals surface area contributed by atoms with Gasteiger partial charge in [-0.05, 0) is 52.9 Å². The number of aliphatic hydroxyl groups excluding tert-OH is 1. The SMILES string of the molecule is COc1ccc(C(OC[C@H]2O[C@@H](n3cnc4c(NC(=O)c5ccccc5)ncnc43)[C@H](OS(=O)(=O)CCc3ccc([N+](=O)[O-])cc3)[C@@H]2O)(c2ccccc2)c2ccccc2)cc1. The van der Waals surface area contributed by atoms with Crippen LogP contribution in [-0.4, -0.2) is 81.7 Å². The van der Waals surface area contributed by atoms with Crippen LogP contribution in [0.3, 0.4) is 0 Å². The van der Waals surface area contributed by atoms with Gasteiger partial charge in [-0.1, -0.05) is 103 Å². The van der Waals surface area contributed by atoms with E-state index < -0.39 is 56.8 Å². The second-order valence-corrected chi connectivity index (χ2v) is 16.1. The number of hydrogen-bond donors (Lipinski definition) is 2. The van der Waals surface area contributed by atoms with Crippen molar-refractivity contribution in [2.45, 2.75) is 36.6 Å². The largest absolute Gasteiger partial charge is 0.497 e. The fraction of sp³-hybridized carbons (Fsp3) is 0.200. The van der Waals surface area contributed by atoms with Crippen LogP contribution in [0.1, 0.15) is 38.8 Å². The highest BCUT2D eigenvalue weighted by Crippen LogP contribution is 2.43. The molecule has 2 N–H and O–H groups in total. The molecule has 1 amide bonds. The van der Waals surface area contributed by atoms with Crippen LogP contribution in [0.15, 0.2) is 152 Å². The first kappa shape index (κ1) is 41.8. The van der Waals surface area contributed by atoms with Crippen LogP contribution in [0, 0.1) is 10.1 Å². The fourth-order valence-corrected chi connectivity index (χ4v) is 8.58. The summed E-state index contributed by atoms with van der Waals surface area (Å²) in [5, 5.41) is 26.0. The van der Waals surface area contributed by atoms with Gasteiger partial charge in [0.25, 0.3) is 21.7 Å². The maximum Gasteiger partial charge on any atom is 0.269 e. The molecule has 0 radical (unpaired) electrons. The monoisotopic (exact) mass is 856 g/mol. The van der Waals surface area contributed by atoms with Crippen LogP contribution >= 0.6 is 0 Å². The highest BCUT2D eigenvalue weighted by atomic mass is 32.2. The van der Waals surface area contributed by atoms with Crippen LogP contribution in [0.5, 0.6) is 5.75 Å². The predicted molar refractivity (Wildman–Crippen MR) is 227 cm³/mol. The summed E-state index contributed by atoms with van der Waals surface area (Å²) >= 11 is 0. The lowest BCUT2D eigenvalue weighted by Gasteiger charge is -2.37. The lowest BCUT2D eigenvalue weighted by atomic mass is 9.80. The molecule has 16 nitrogen and oxygen atoms in total. The minimum Gasteiger partial charge on any atom is -0.497 e. The quantitative estimate of drug-likeness (QED) is 0.0480. The van der Waals surface area contributed by atoms with E-state index in [1.54, 1.807) is 37.4 Å². The van der Waals surface area contributed by atoms with Gasteiger partial charge in [-0.15, -0.1) is 0 Å². The number of nitro groups is 1. The Morgan fingerprint density at radius 1 is 0.855 bits per heavy atom. The Balaban J connectivity index is 1.14. The number of non-ortho nitro benzene ring substituents is 1. The number of nitrogens with zero attached hydrogens (tertiary/aromatic N) is 5. The first-order valence-corrected chi connectivity index (χ1v) is 21.1. The van der Waals surface area contributed by atoms with E-state index in [1.165, 1.54) is 41.5 Å². The van der Waals surface area contributed by atoms with E-state index in [4.69, 9.17) is 18.4 Å². The molecule has 0 bridgehead atoms. The molecule has 316 valence electrons. The summed E-state index contributed by atoms with van der Waals surface area (Å²) in [6.07, 6.45) is -3.15. The normalized spacial score (nSPS) is 17.8. The third-order valence-corrected chi connectivity index (χ3v) is 11.8. The topological polar surface area (TPSA) is 207 Å². The number of benzene rings is 5. The highest BCUT2D eigenvalue weighted by molar-refractivity contribution is 7.86. The number of rotatable bonds is 16. The molecule has 4 atom stereocenters. The van der Waals surface area contributed by atoms with Gasteiger partial charge in [-0.3, -0.25) is 23.7 Å². The summed E-state index contributed by atoms with van der Waals surface area (Å²) in [4.78, 5) is 36.9. The second-order valence-electron chi connectivity index (χ2n) is 14.4. The fourth-order valence-electron chi connectivity index (χ4n) is 7.46. The minimum atomic E-state index is -4.41. The number of aliphatic hydroxyl groups is 1. The second kappa shape index (κ2) is 18.0. The zero-order chi connectivity index (χ0) is 43.3. The van der Waals surface area contributed by atoms with Gasteiger partial charge in [0.05, 0.1) is 30.7 Å². The number of aromatic nitrogens is 4. The van der Waals surface area contributed by atoms with Gasteiger partial charge in [-0.2, -0.15) is 8.42 Å². The molecular weight excluding hydrogens is 817 g/mol. The van der Waals surface area contributed by atoms with Crippen molar-refractivity contribution in [3.8, 4) is 5.75 Å². The number of fused-ring (bicyclic) bond motifs is 1. The van der Waals surface area contributed by atoms with Crippen LogP contribution in [-0.2, 0) is 35.8 Å². The number of aryl methyl sites for hydroxylation is 1. The molecule has 17 heteroatoms. The van der Waals surface area contributed by atoms with E-state index in [9.17, 15) is 28.4 Å². The van der Waals surface area contributed by atoms with Crippen molar-refractivity contribution in [1.82, 2.24) is 19.5 Å². The summed E-state index contributed by atoms with van der Waals surface area (Å²) < 4.78 is 53.8. The number of ether oxygens (including phenoxy) is 3. The molecule has 0 aliphatic carbocycles. The Kier molecular flexibility index (Phi) is 12.1. The maximum absolute atomic E-state index is 13.8. The third-order valence-electron chi connectivity index (χ3n) is 10.6. The maximum atomic E-state index is 13.8. The Bertz CT molecular complexity index is 2720. The number of nitro benzene ring substituents is 1. The number of imidazole rings is 1. The lowest BCUT2D eigenvalue weighted by Crippen LogP contribution is -2.41. The average molecular weight is 857 g/mol. The molecule has 0 saturated carbocycles. The molecule has 62 heavy (non-hydrogen) atoms. The first-order chi connectivity index (χ1) is 30.1. The van der Waals surface area contributed by atoms with Crippen LogP contribution in [0.4, 0.5) is 11.5 Å². The van der Waals surface area contributed by atoms with Crippen LogP contribution < -0.4 is 10.1 Å². The minimum absolute atomic E-state index is 0.0363. The lowest BCUT2D eigenvalue weighted by molar-refractivity contribution is -0.384. The van der Waals surface area contributed by atoms with Crippen LogP contribution in [0.25, 0.3) is 11.2 Å². The van der Waals surface area contributed by atoms with E-state index in [2.05, 4.69) is 20.3 Å². The molecule has 1 aliphatic heterocycles. The van der Waals surface area contributed by atoms with Crippen molar-refractivity contribution in [2.24, 2.45) is 0 Å². The summed E-state index contributed by atoms with van der Waals surface area (Å²) in [6, 6.07) is 40.6. The molecule has 1 saturated heterocycles. The van der Waals surface area contributed by atoms with Crippen molar-refractivity contribution in [3.05, 3.63) is 190 Å². The summed E-state index contributed by atoms with van der Waals surface area (Å²) in [7, 11) is -2.83. The van der Waals surface area contributed by atoms with E-state index in [0.29, 0.717) is 16.9 Å². The first-order valence-electron chi connectivity index (χ1n) is 19.5. The number of amides is 1. The molecule has 0 unspecified atom stereocenters. The number of methoxy groups -OCH3 is 1. The van der Waals surface area contributed by atoms with E-state index >= 15 is 0 Å². The molecule has 3 heterocycles. The number of carbonyl (C=O) groups is 1. The van der Waals surface area contributed by atoms with Gasteiger partial charge < -0.3 is 24.6 Å². The van der Waals surface area contributed by atoms with Gasteiger partial charge in [0, 0.05) is 17.7 Å². The number of anilines is 1. The molecule has 0 spiro atoms. The van der Waals surface area contributed by atoms with Gasteiger partial charge in [0.15, 0.2) is 29.3 Å². The number of carbonyl (C=O) groups excluding carboxylic acids is 1. The zero-order valence-corrected chi connectivity index (χ0v) is 33.9. The van der Waals surface area contributed by atoms with Gasteiger partial charge in [0.1, 0.15) is 29.9 Å². The van der Waals surface area contributed by atoms with Crippen molar-refractivity contribution in [1.29, 1.82) is 0 Å². The number of nitrogens with one attached hydrogen (secondary N) is 1. The van der Waals surface area contributed by atoms with Crippen molar-refractivity contribution in [2.75, 3.05) is 24.8 Å². The van der Waals surface area contributed by atoms with E-state index in [1.807, 2.05) is 84.9 Å². The Labute approximate surface area is 356 Å². The van der Waals surface area contributed by atoms with Gasteiger partial charge in [-0.25, -0.2) is 15.0 Å². The highest BCUT2D eigenvalue weighted by Gasteiger charge is 2.50. The van der Waals surface area contributed by atoms with Crippen LogP contribution in [0.2, 0.25) is 0 Å². The predicted octanol–water partition coefficient (Wildman–Crippen LogP) is 6.22. The van der Waals surface area contributed by atoms with E-state index in [0.717, 1.165) is 16.7 Å². The smallest absolute Gasteiger partial charge is 0.269 e. The molecule has 2 aromatic heterocycles. The molecule has 5 aromatic carbocycles. The molecular formula is C45H40N6O10S. The Hall–Kier alpha value is -6.89. The molecule has 8 rings (SSSR count). The van der Waals surface area contributed by atoms with Crippen molar-refractivity contribution < 1.29 is 41.6 Å². The summed E-state index contributed by atoms with van der Waals surface area (Å²) in [5.74, 6) is -0.241. The zero-order valence-electron chi connectivity index (χ0n) is 33.1. The molecule has 7 aromatic rings. The summed E-state index contributed by atoms with van der Waals surface area (Å²) in [5.41, 5.74) is 2.11. The third kappa shape index (κ3) is 8.65. The standard InChI is InChI=1S/C45H40N6O10S/c1-58-36-23-19-34(20-24-36)45(32-13-7-3-8-14-32,33-15-9-4-10-16-33)59-27-37-39(52)40(61-62(56,57)26-25-30-17-21-35(22-18-30)51(54)55)44(60-37)50-29-48-38-41(46-28-47-42(38)50)49-43(53)31-11-5-2-6-12-31/h2-24,28-29,37,39-40,44,52H,25-27H2,1H3,(H,46,47,49,53)/t37-,39-,40-,44-/m1/s1. The number of hydrogen-bond acceptors (Lipinski definition) is 13. The van der Waals surface area contributed by atoms with E-state index in [-0.39, 0.29) is 35.7 Å².